The van der Waals surface area contributed by atoms with Gasteiger partial charge in [0.25, 0.3) is 11.8 Å². The zero-order valence-electron chi connectivity index (χ0n) is 10.6. The summed E-state index contributed by atoms with van der Waals surface area (Å²) in [7, 11) is 0. The summed E-state index contributed by atoms with van der Waals surface area (Å²) in [5.41, 5.74) is 1.74. The average molecular weight is 332 g/mol. The van der Waals surface area contributed by atoms with Crippen LogP contribution in [0.5, 0.6) is 5.75 Å². The molecule has 5 heteroatoms. The smallest absolute Gasteiger partial charge is 0.266 e. The molecule has 0 saturated heterocycles. The minimum Gasteiger partial charge on any atom is -0.505 e. The van der Waals surface area contributed by atoms with Gasteiger partial charge >= 0.3 is 0 Å². The number of carbonyl (C=O) groups excluding carboxylic acids is 2. The van der Waals surface area contributed by atoms with Crippen molar-refractivity contribution in [3.63, 3.8) is 0 Å². The normalized spacial score (nSPS) is 13.8. The van der Waals surface area contributed by atoms with Crippen LogP contribution in [-0.2, 0) is 0 Å². The number of hydrogen-bond donors (Lipinski definition) is 1. The Balaban J connectivity index is 2.19. The van der Waals surface area contributed by atoms with Crippen LogP contribution >= 0.6 is 15.9 Å². The van der Waals surface area contributed by atoms with Gasteiger partial charge in [-0.25, -0.2) is 4.90 Å². The SMILES string of the molecule is Cc1cc(Br)c(O)c(N2C(=O)c3ccccc3C2=O)c1. The molecule has 1 aliphatic rings. The zero-order chi connectivity index (χ0) is 14.4. The molecule has 0 bridgehead atoms. The van der Waals surface area contributed by atoms with Crippen molar-refractivity contribution in [1.29, 1.82) is 0 Å². The van der Waals surface area contributed by atoms with Gasteiger partial charge in [-0.15, -0.1) is 0 Å². The molecule has 0 radical (unpaired) electrons. The number of imide groups is 1. The molecule has 0 fully saturated rings. The third-order valence-electron chi connectivity index (χ3n) is 3.22. The Bertz CT molecular complexity index is 720. The Labute approximate surface area is 123 Å². The molecular formula is C15H10BrNO3. The lowest BCUT2D eigenvalue weighted by atomic mass is 10.1. The molecule has 3 rings (SSSR count). The van der Waals surface area contributed by atoms with Crippen molar-refractivity contribution in [1.82, 2.24) is 0 Å². The van der Waals surface area contributed by atoms with Crippen molar-refractivity contribution in [2.24, 2.45) is 0 Å². The highest BCUT2D eigenvalue weighted by atomic mass is 79.9. The summed E-state index contributed by atoms with van der Waals surface area (Å²) >= 11 is 3.22. The van der Waals surface area contributed by atoms with Crippen LogP contribution in [0.2, 0.25) is 0 Å². The number of phenolic OH excluding ortho intramolecular Hbond substituents is 1. The lowest BCUT2D eigenvalue weighted by molar-refractivity contribution is 0.0925. The number of hydrogen-bond acceptors (Lipinski definition) is 3. The van der Waals surface area contributed by atoms with Crippen LogP contribution in [0.15, 0.2) is 40.9 Å². The largest absolute Gasteiger partial charge is 0.505 e. The molecule has 0 atom stereocenters. The minimum absolute atomic E-state index is 0.120. The van der Waals surface area contributed by atoms with Gasteiger partial charge in [0.2, 0.25) is 0 Å². The predicted octanol–water partition coefficient (Wildman–Crippen LogP) is 3.26. The summed E-state index contributed by atoms with van der Waals surface area (Å²) in [5.74, 6) is -0.957. The number of aromatic hydroxyl groups is 1. The van der Waals surface area contributed by atoms with Crippen LogP contribution in [0.1, 0.15) is 26.3 Å². The van der Waals surface area contributed by atoms with Gasteiger partial charge in [0, 0.05) is 0 Å². The first kappa shape index (κ1) is 12.9. The average Bonchev–Trinajstić information content (AvgIpc) is 2.67. The number of fused-ring (bicyclic) bond motifs is 1. The minimum atomic E-state index is -0.418. The number of aryl methyl sites for hydroxylation is 1. The van der Waals surface area contributed by atoms with E-state index in [2.05, 4.69) is 15.9 Å². The molecule has 0 spiro atoms. The molecule has 1 aliphatic heterocycles. The fourth-order valence-electron chi connectivity index (χ4n) is 2.29. The van der Waals surface area contributed by atoms with Gasteiger partial charge in [0.1, 0.15) is 0 Å². The highest BCUT2D eigenvalue weighted by Crippen LogP contribution is 2.39. The van der Waals surface area contributed by atoms with E-state index in [9.17, 15) is 14.7 Å². The second-order valence-corrected chi connectivity index (χ2v) is 5.46. The molecule has 1 N–H and O–H groups in total. The zero-order valence-corrected chi connectivity index (χ0v) is 12.1. The molecule has 20 heavy (non-hydrogen) atoms. The van der Waals surface area contributed by atoms with Crippen molar-refractivity contribution in [3.8, 4) is 5.75 Å². The quantitative estimate of drug-likeness (QED) is 0.816. The van der Waals surface area contributed by atoms with Crippen LogP contribution in [0.4, 0.5) is 5.69 Å². The number of carbonyl (C=O) groups is 2. The van der Waals surface area contributed by atoms with Gasteiger partial charge in [0.05, 0.1) is 21.3 Å². The van der Waals surface area contributed by atoms with Crippen molar-refractivity contribution < 1.29 is 14.7 Å². The molecular weight excluding hydrogens is 322 g/mol. The first-order chi connectivity index (χ1) is 9.50. The molecule has 0 saturated carbocycles. The first-order valence-corrected chi connectivity index (χ1v) is 6.77. The standard InChI is InChI=1S/C15H10BrNO3/c1-8-6-11(16)13(18)12(7-8)17-14(19)9-4-2-3-5-10(9)15(17)20/h2-7,18H,1H3. The van der Waals surface area contributed by atoms with Gasteiger partial charge in [-0.2, -0.15) is 0 Å². The molecule has 100 valence electrons. The summed E-state index contributed by atoms with van der Waals surface area (Å²) in [6.45, 7) is 1.83. The van der Waals surface area contributed by atoms with E-state index in [0.717, 1.165) is 10.5 Å². The molecule has 2 aromatic carbocycles. The highest BCUT2D eigenvalue weighted by Gasteiger charge is 2.37. The van der Waals surface area contributed by atoms with Crippen LogP contribution < -0.4 is 4.90 Å². The predicted molar refractivity (Wildman–Crippen MR) is 78.1 cm³/mol. The van der Waals surface area contributed by atoms with E-state index in [4.69, 9.17) is 0 Å². The maximum absolute atomic E-state index is 12.4. The molecule has 2 aromatic rings. The van der Waals surface area contributed by atoms with E-state index < -0.39 is 11.8 Å². The number of anilines is 1. The number of benzene rings is 2. The van der Waals surface area contributed by atoms with Gasteiger partial charge in [0.15, 0.2) is 5.75 Å². The van der Waals surface area contributed by atoms with E-state index in [-0.39, 0.29) is 11.4 Å². The number of halogens is 1. The second-order valence-electron chi connectivity index (χ2n) is 4.61. The Morgan fingerprint density at radius 1 is 1.05 bits per heavy atom. The summed E-state index contributed by atoms with van der Waals surface area (Å²) < 4.78 is 0.448. The fraction of sp³-hybridized carbons (Fsp3) is 0.0667. The number of amides is 2. The maximum Gasteiger partial charge on any atom is 0.266 e. The summed E-state index contributed by atoms with van der Waals surface area (Å²) in [6.07, 6.45) is 0. The summed E-state index contributed by atoms with van der Waals surface area (Å²) in [5, 5.41) is 10.1. The Kier molecular flexibility index (Phi) is 2.87. The van der Waals surface area contributed by atoms with Crippen LogP contribution in [-0.4, -0.2) is 16.9 Å². The molecule has 0 aliphatic carbocycles. The fourth-order valence-corrected chi connectivity index (χ4v) is 2.86. The first-order valence-electron chi connectivity index (χ1n) is 5.97. The topological polar surface area (TPSA) is 57.6 Å². The van der Waals surface area contributed by atoms with Crippen LogP contribution in [0.25, 0.3) is 0 Å². The number of nitrogens with zero attached hydrogens (tertiary/aromatic N) is 1. The van der Waals surface area contributed by atoms with Gasteiger partial charge in [-0.05, 0) is 52.7 Å². The Morgan fingerprint density at radius 3 is 2.15 bits per heavy atom. The second kappa shape index (κ2) is 4.45. The summed E-state index contributed by atoms with van der Waals surface area (Å²) in [4.78, 5) is 25.7. The number of phenols is 1. The molecule has 0 aromatic heterocycles. The monoisotopic (exact) mass is 331 g/mol. The Morgan fingerprint density at radius 2 is 1.60 bits per heavy atom. The van der Waals surface area contributed by atoms with E-state index >= 15 is 0 Å². The number of rotatable bonds is 1. The van der Waals surface area contributed by atoms with Crippen molar-refractivity contribution >= 4 is 33.4 Å². The molecule has 1 heterocycles. The van der Waals surface area contributed by atoms with Crippen LogP contribution in [0, 0.1) is 6.92 Å². The lowest BCUT2D eigenvalue weighted by Crippen LogP contribution is -2.29. The van der Waals surface area contributed by atoms with Gasteiger partial charge in [-0.3, -0.25) is 9.59 Å². The molecule has 2 amide bonds. The summed E-state index contributed by atoms with van der Waals surface area (Å²) in [6, 6.07) is 9.97. The maximum atomic E-state index is 12.4. The van der Waals surface area contributed by atoms with E-state index in [0.29, 0.717) is 15.6 Å². The Hall–Kier alpha value is -2.14. The van der Waals surface area contributed by atoms with Crippen molar-refractivity contribution in [2.45, 2.75) is 6.92 Å². The molecule has 0 unspecified atom stereocenters. The molecule has 4 nitrogen and oxygen atoms in total. The third kappa shape index (κ3) is 1.74. The van der Waals surface area contributed by atoms with E-state index in [1.54, 1.807) is 36.4 Å². The highest BCUT2D eigenvalue weighted by molar-refractivity contribution is 9.10. The van der Waals surface area contributed by atoms with E-state index in [1.165, 1.54) is 0 Å². The van der Waals surface area contributed by atoms with Crippen molar-refractivity contribution in [3.05, 3.63) is 57.6 Å². The van der Waals surface area contributed by atoms with Gasteiger partial charge < -0.3 is 5.11 Å². The van der Waals surface area contributed by atoms with Crippen LogP contribution in [0.3, 0.4) is 0 Å². The lowest BCUT2D eigenvalue weighted by Gasteiger charge is -2.17. The third-order valence-corrected chi connectivity index (χ3v) is 3.83. The van der Waals surface area contributed by atoms with Gasteiger partial charge in [-0.1, -0.05) is 12.1 Å². The van der Waals surface area contributed by atoms with E-state index in [1.807, 2.05) is 6.92 Å². The van der Waals surface area contributed by atoms with Crippen molar-refractivity contribution in [2.75, 3.05) is 4.90 Å².